The molecule has 0 unspecified atom stereocenters. The van der Waals surface area contributed by atoms with Crippen LogP contribution in [0.5, 0.6) is 0 Å². The fourth-order valence-electron chi connectivity index (χ4n) is 5.46. The third-order valence-electron chi connectivity index (χ3n) is 7.67. The number of anilines is 4. The number of fused-ring (bicyclic) bond motifs is 7. The number of hydrogen-bond acceptors (Lipinski definition) is 7. The van der Waals surface area contributed by atoms with Crippen LogP contribution in [0.25, 0.3) is 0 Å². The monoisotopic (exact) mass is 498 g/mol. The molecule has 2 aliphatic heterocycles. The molecule has 3 aliphatic rings. The molecule has 5 rings (SSSR count). The lowest BCUT2D eigenvalue weighted by Gasteiger charge is -2.41. The number of aryl methyl sites for hydroxylation is 1. The van der Waals surface area contributed by atoms with Crippen LogP contribution in [0.4, 0.5) is 23.1 Å². The Labute approximate surface area is 207 Å². The topological polar surface area (TPSA) is 116 Å². The average molecular weight is 499 g/mol. The number of carbonyl (C=O) groups excluding carboxylic acids is 1. The van der Waals surface area contributed by atoms with E-state index >= 15 is 0 Å². The van der Waals surface area contributed by atoms with Gasteiger partial charge >= 0.3 is 0 Å². The minimum absolute atomic E-state index is 0.0116. The fourth-order valence-corrected chi connectivity index (χ4v) is 6.09. The summed E-state index contributed by atoms with van der Waals surface area (Å²) in [7, 11) is -3.43. The van der Waals surface area contributed by atoms with E-state index < -0.39 is 10.0 Å². The van der Waals surface area contributed by atoms with Crippen molar-refractivity contribution in [3.8, 4) is 0 Å². The maximum absolute atomic E-state index is 13.5. The Morgan fingerprint density at radius 2 is 2.00 bits per heavy atom. The molecule has 2 fully saturated rings. The highest BCUT2D eigenvalue weighted by molar-refractivity contribution is 7.92. The Bertz CT molecular complexity index is 1230. The smallest absolute Gasteiger partial charge is 0.258 e. The SMILES string of the molecule is CCS(=O)(=O)Nc1ccc2c(c1)N1CCC3(CC3)[C@H](CCCCNc3nc(C)cc(n3)NC2=O)C1. The van der Waals surface area contributed by atoms with Crippen molar-refractivity contribution in [1.82, 2.24) is 9.97 Å². The largest absolute Gasteiger partial charge is 0.371 e. The first-order chi connectivity index (χ1) is 16.8. The van der Waals surface area contributed by atoms with Crippen LogP contribution in [0.2, 0.25) is 0 Å². The maximum atomic E-state index is 13.5. The predicted octanol–water partition coefficient (Wildman–Crippen LogP) is 4.00. The number of piperidine rings is 1. The van der Waals surface area contributed by atoms with Gasteiger partial charge in [-0.2, -0.15) is 4.98 Å². The van der Waals surface area contributed by atoms with Crippen LogP contribution < -0.4 is 20.3 Å². The summed E-state index contributed by atoms with van der Waals surface area (Å²) in [5, 5.41) is 6.24. The number of sulfonamides is 1. The molecule has 3 N–H and O–H groups in total. The summed E-state index contributed by atoms with van der Waals surface area (Å²) < 4.78 is 27.1. The number of aromatic nitrogens is 2. The molecular weight excluding hydrogens is 464 g/mol. The van der Waals surface area contributed by atoms with E-state index in [1.54, 1.807) is 31.2 Å². The zero-order valence-corrected chi connectivity index (χ0v) is 21.2. The highest BCUT2D eigenvalue weighted by Gasteiger charge is 2.51. The van der Waals surface area contributed by atoms with Gasteiger partial charge in [-0.1, -0.05) is 6.42 Å². The van der Waals surface area contributed by atoms with E-state index in [9.17, 15) is 13.2 Å². The average Bonchev–Trinajstić information content (AvgIpc) is 3.59. The second-order valence-corrected chi connectivity index (χ2v) is 12.1. The number of hydrogen-bond donors (Lipinski definition) is 3. The molecule has 1 saturated heterocycles. The van der Waals surface area contributed by atoms with E-state index in [0.717, 1.165) is 56.7 Å². The number of carbonyl (C=O) groups is 1. The third kappa shape index (κ3) is 5.22. The lowest BCUT2D eigenvalue weighted by atomic mass is 9.79. The Balaban J connectivity index is 1.54. The summed E-state index contributed by atoms with van der Waals surface area (Å²) >= 11 is 0. The van der Waals surface area contributed by atoms with Gasteiger partial charge in [0.15, 0.2) is 0 Å². The number of benzene rings is 1. The Kier molecular flexibility index (Phi) is 6.33. The van der Waals surface area contributed by atoms with Gasteiger partial charge in [0.25, 0.3) is 5.91 Å². The normalized spacial score (nSPS) is 21.7. The molecule has 1 saturated carbocycles. The van der Waals surface area contributed by atoms with Crippen molar-refractivity contribution in [2.45, 2.75) is 52.4 Å². The van der Waals surface area contributed by atoms with Crippen LogP contribution in [0.15, 0.2) is 24.3 Å². The fraction of sp³-hybridized carbons (Fsp3) is 0.560. The van der Waals surface area contributed by atoms with Gasteiger partial charge in [-0.15, -0.1) is 0 Å². The van der Waals surface area contributed by atoms with Crippen molar-refractivity contribution < 1.29 is 13.2 Å². The molecule has 1 aromatic heterocycles. The molecule has 188 valence electrons. The lowest BCUT2D eigenvalue weighted by Crippen LogP contribution is -2.42. The second-order valence-electron chi connectivity index (χ2n) is 10.1. The second kappa shape index (κ2) is 9.29. The molecule has 35 heavy (non-hydrogen) atoms. The molecule has 10 heteroatoms. The Morgan fingerprint density at radius 3 is 2.77 bits per heavy atom. The maximum Gasteiger partial charge on any atom is 0.258 e. The number of nitrogens with zero attached hydrogens (tertiary/aromatic N) is 3. The molecule has 3 heterocycles. The quantitative estimate of drug-likeness (QED) is 0.586. The van der Waals surface area contributed by atoms with E-state index in [0.29, 0.717) is 34.3 Å². The summed E-state index contributed by atoms with van der Waals surface area (Å²) in [4.78, 5) is 24.7. The van der Waals surface area contributed by atoms with Gasteiger partial charge in [0.1, 0.15) is 5.82 Å². The van der Waals surface area contributed by atoms with Crippen LogP contribution in [0, 0.1) is 18.3 Å². The van der Waals surface area contributed by atoms with Crippen molar-refractivity contribution in [3.05, 3.63) is 35.5 Å². The van der Waals surface area contributed by atoms with E-state index in [-0.39, 0.29) is 11.7 Å². The minimum atomic E-state index is -3.43. The number of amides is 1. The van der Waals surface area contributed by atoms with Crippen LogP contribution in [0.3, 0.4) is 0 Å². The zero-order valence-electron chi connectivity index (χ0n) is 20.4. The van der Waals surface area contributed by atoms with E-state index in [2.05, 4.69) is 30.2 Å². The van der Waals surface area contributed by atoms with Crippen molar-refractivity contribution >= 4 is 39.1 Å². The zero-order chi connectivity index (χ0) is 24.6. The predicted molar refractivity (Wildman–Crippen MR) is 139 cm³/mol. The molecule has 1 spiro atoms. The minimum Gasteiger partial charge on any atom is -0.371 e. The van der Waals surface area contributed by atoms with Gasteiger partial charge in [0, 0.05) is 31.4 Å². The van der Waals surface area contributed by atoms with Gasteiger partial charge in [-0.3, -0.25) is 9.52 Å². The highest BCUT2D eigenvalue weighted by Crippen LogP contribution is 2.58. The van der Waals surface area contributed by atoms with E-state index in [4.69, 9.17) is 0 Å². The number of rotatable bonds is 3. The molecule has 4 bridgehead atoms. The van der Waals surface area contributed by atoms with Crippen molar-refractivity contribution in [1.29, 1.82) is 0 Å². The molecule has 1 aliphatic carbocycles. The van der Waals surface area contributed by atoms with E-state index in [1.165, 1.54) is 12.8 Å². The van der Waals surface area contributed by atoms with Crippen LogP contribution in [-0.4, -0.2) is 49.7 Å². The van der Waals surface area contributed by atoms with Gasteiger partial charge in [-0.05, 0) is 75.5 Å². The molecule has 0 radical (unpaired) electrons. The summed E-state index contributed by atoms with van der Waals surface area (Å²) in [6.07, 6.45) is 6.96. The first-order valence-electron chi connectivity index (χ1n) is 12.6. The standard InChI is InChI=1S/C25H34N6O3S/c1-3-35(33,34)30-19-7-8-20-21(15-19)31-13-11-25(9-10-25)18(16-31)6-4-5-12-26-24-27-17(2)14-22(29-24)28-23(20)32/h7-8,14-15,18,30H,3-6,9-13,16H2,1-2H3,(H2,26,27,28,29,32)/t18-/m1/s1. The van der Waals surface area contributed by atoms with E-state index in [1.807, 2.05) is 6.92 Å². The van der Waals surface area contributed by atoms with Crippen LogP contribution in [-0.2, 0) is 10.0 Å². The van der Waals surface area contributed by atoms with Crippen molar-refractivity contribution in [2.24, 2.45) is 11.3 Å². The Morgan fingerprint density at radius 1 is 1.17 bits per heavy atom. The Hall–Kier alpha value is -2.88. The van der Waals surface area contributed by atoms with Crippen LogP contribution >= 0.6 is 0 Å². The van der Waals surface area contributed by atoms with Gasteiger partial charge in [0.05, 0.1) is 22.7 Å². The third-order valence-corrected chi connectivity index (χ3v) is 8.98. The van der Waals surface area contributed by atoms with Gasteiger partial charge < -0.3 is 15.5 Å². The highest BCUT2D eigenvalue weighted by atomic mass is 32.2. The summed E-state index contributed by atoms with van der Waals surface area (Å²) in [6, 6.07) is 6.92. The molecule has 1 atom stereocenters. The number of nitrogens with one attached hydrogen (secondary N) is 3. The molecule has 1 aromatic carbocycles. The van der Waals surface area contributed by atoms with Gasteiger partial charge in [0.2, 0.25) is 16.0 Å². The summed E-state index contributed by atoms with van der Waals surface area (Å²) in [5.41, 5.74) is 2.95. The summed E-state index contributed by atoms with van der Waals surface area (Å²) in [6.45, 7) is 6.01. The first-order valence-corrected chi connectivity index (χ1v) is 14.2. The molecular formula is C25H34N6O3S. The van der Waals surface area contributed by atoms with Crippen molar-refractivity contribution in [3.63, 3.8) is 0 Å². The lowest BCUT2D eigenvalue weighted by molar-refractivity contribution is 0.102. The van der Waals surface area contributed by atoms with Crippen LogP contribution in [0.1, 0.15) is 61.5 Å². The molecule has 1 amide bonds. The van der Waals surface area contributed by atoms with Crippen molar-refractivity contribution in [2.75, 3.05) is 45.6 Å². The summed E-state index contributed by atoms with van der Waals surface area (Å²) in [5.74, 6) is 1.23. The van der Waals surface area contributed by atoms with Gasteiger partial charge in [-0.25, -0.2) is 13.4 Å². The first kappa shape index (κ1) is 23.8. The molecule has 2 aromatic rings. The molecule has 9 nitrogen and oxygen atoms in total.